The van der Waals surface area contributed by atoms with Gasteiger partial charge in [0.2, 0.25) is 0 Å². The Morgan fingerprint density at radius 2 is 1.35 bits per heavy atom. The average molecular weight is 439 g/mol. The Morgan fingerprint density at radius 1 is 0.935 bits per heavy atom. The molecule has 0 aliphatic heterocycles. The van der Waals surface area contributed by atoms with Gasteiger partial charge in [-0.1, -0.05) is 13.2 Å². The van der Waals surface area contributed by atoms with E-state index < -0.39 is 41.0 Å². The lowest BCUT2D eigenvalue weighted by Gasteiger charge is -2.23. The number of nitrogens with zero attached hydrogens (tertiary/aromatic N) is 1. The number of H-pyrrole nitrogens is 2. The summed E-state index contributed by atoms with van der Waals surface area (Å²) in [5, 5.41) is 10.6. The number of ether oxygens (including phenoxy) is 2. The van der Waals surface area contributed by atoms with Crippen molar-refractivity contribution in [2.45, 2.75) is 52.2 Å². The first-order valence-electron chi connectivity index (χ1n) is 9.79. The zero-order valence-corrected chi connectivity index (χ0v) is 17.8. The summed E-state index contributed by atoms with van der Waals surface area (Å²) in [6.07, 6.45) is 0.551. The van der Waals surface area contributed by atoms with E-state index in [1.165, 1.54) is 13.8 Å². The molecule has 1 aromatic heterocycles. The van der Waals surface area contributed by atoms with Crippen molar-refractivity contribution in [2.24, 2.45) is 5.92 Å². The van der Waals surface area contributed by atoms with Crippen LogP contribution in [0.1, 0.15) is 39.5 Å². The van der Waals surface area contributed by atoms with Crippen molar-refractivity contribution in [3.05, 3.63) is 55.8 Å². The van der Waals surface area contributed by atoms with Crippen molar-refractivity contribution in [1.29, 1.82) is 0 Å². The van der Waals surface area contributed by atoms with Crippen LogP contribution in [0.3, 0.4) is 0 Å². The highest BCUT2D eigenvalue weighted by Crippen LogP contribution is 2.19. The van der Waals surface area contributed by atoms with Crippen LogP contribution in [0.5, 0.6) is 0 Å². The lowest BCUT2D eigenvalue weighted by Crippen LogP contribution is -2.46. The van der Waals surface area contributed by atoms with Gasteiger partial charge in [-0.25, -0.2) is 28.5 Å². The van der Waals surface area contributed by atoms with Gasteiger partial charge in [-0.2, -0.15) is 0 Å². The zero-order chi connectivity index (χ0) is 23.6. The highest BCUT2D eigenvalue weighted by atomic mass is 16.5. The van der Waals surface area contributed by atoms with Crippen LogP contribution < -0.4 is 17.1 Å². The van der Waals surface area contributed by atoms with Crippen LogP contribution in [0.15, 0.2) is 38.7 Å². The molecule has 0 aliphatic rings. The minimum atomic E-state index is -1.11. The fraction of sp³-hybridized carbons (Fsp3) is 0.550. The molecule has 0 spiro atoms. The molecular weight excluding hydrogens is 410 g/mol. The molecule has 0 saturated heterocycles. The molecule has 3 N–H and O–H groups in total. The van der Waals surface area contributed by atoms with E-state index in [-0.39, 0.29) is 30.9 Å². The molecule has 0 radical (unpaired) electrons. The van der Waals surface area contributed by atoms with Crippen molar-refractivity contribution < 1.29 is 24.2 Å². The maximum atomic E-state index is 11.9. The Balaban J connectivity index is 2.76. The Kier molecular flexibility index (Phi) is 10.4. The third-order valence-corrected chi connectivity index (χ3v) is 4.45. The summed E-state index contributed by atoms with van der Waals surface area (Å²) in [6.45, 7) is 9.92. The zero-order valence-electron chi connectivity index (χ0n) is 17.8. The predicted octanol–water partition coefficient (Wildman–Crippen LogP) is 0.00100. The van der Waals surface area contributed by atoms with Crippen LogP contribution in [0.2, 0.25) is 0 Å². The first-order chi connectivity index (χ1) is 14.5. The topological polar surface area (TPSA) is 161 Å². The van der Waals surface area contributed by atoms with Crippen LogP contribution >= 0.6 is 0 Å². The Hall–Kier alpha value is -3.21. The molecule has 172 valence electrons. The van der Waals surface area contributed by atoms with Gasteiger partial charge in [-0.15, -0.1) is 0 Å². The van der Waals surface area contributed by atoms with Crippen LogP contribution in [-0.4, -0.2) is 50.9 Å². The number of hydrogen-bond donors (Lipinski definition) is 3. The summed E-state index contributed by atoms with van der Waals surface area (Å²) >= 11 is 0. The molecule has 11 nitrogen and oxygen atoms in total. The van der Waals surface area contributed by atoms with Gasteiger partial charge >= 0.3 is 29.0 Å². The van der Waals surface area contributed by atoms with Crippen molar-refractivity contribution >= 4 is 11.9 Å². The second-order valence-corrected chi connectivity index (χ2v) is 7.24. The van der Waals surface area contributed by atoms with Crippen molar-refractivity contribution in [2.75, 3.05) is 13.2 Å². The second kappa shape index (κ2) is 12.5. The van der Waals surface area contributed by atoms with E-state index >= 15 is 0 Å². The molecule has 0 saturated carbocycles. The number of aliphatic hydroxyl groups is 1. The standard InChI is InChI=1S/C20H29N3O8/c1-12(2)16(25)30-9-5-7-14(8-6-10-31-17(26)13(3)4)15(24)11-23-19(28)21-18(27)22-20(23)29/h14-15,24H,1,3,5-11H2,2,4H3,(H2,21,22,27,28,29). The van der Waals surface area contributed by atoms with Crippen molar-refractivity contribution in [3.63, 3.8) is 0 Å². The average Bonchev–Trinajstić information content (AvgIpc) is 2.68. The predicted molar refractivity (Wildman–Crippen MR) is 111 cm³/mol. The van der Waals surface area contributed by atoms with E-state index in [9.17, 15) is 29.1 Å². The van der Waals surface area contributed by atoms with E-state index in [0.29, 0.717) is 30.3 Å². The lowest BCUT2D eigenvalue weighted by molar-refractivity contribution is -0.139. The minimum Gasteiger partial charge on any atom is -0.462 e. The smallest absolute Gasteiger partial charge is 0.333 e. The Bertz CT molecular complexity index is 903. The molecule has 0 fully saturated rings. The van der Waals surface area contributed by atoms with Gasteiger partial charge in [0.05, 0.1) is 25.9 Å². The van der Waals surface area contributed by atoms with Crippen molar-refractivity contribution in [3.8, 4) is 0 Å². The van der Waals surface area contributed by atoms with Crippen LogP contribution in [0, 0.1) is 5.92 Å². The molecule has 1 atom stereocenters. The third kappa shape index (κ3) is 8.99. The highest BCUT2D eigenvalue weighted by Gasteiger charge is 2.21. The summed E-state index contributed by atoms with van der Waals surface area (Å²) in [4.78, 5) is 61.7. The quantitative estimate of drug-likeness (QED) is 0.220. The largest absolute Gasteiger partial charge is 0.462 e. The number of esters is 2. The maximum Gasteiger partial charge on any atom is 0.333 e. The summed E-state index contributed by atoms with van der Waals surface area (Å²) in [5.41, 5.74) is -2.26. The Morgan fingerprint density at radius 3 is 1.74 bits per heavy atom. The third-order valence-electron chi connectivity index (χ3n) is 4.45. The van der Waals surface area contributed by atoms with E-state index in [1.807, 2.05) is 9.97 Å². The van der Waals surface area contributed by atoms with Gasteiger partial charge < -0.3 is 14.6 Å². The summed E-state index contributed by atoms with van der Waals surface area (Å²) in [5.74, 6) is -1.43. The Labute approximate surface area is 178 Å². The first kappa shape index (κ1) is 25.8. The fourth-order valence-electron chi connectivity index (χ4n) is 2.75. The van der Waals surface area contributed by atoms with Gasteiger partial charge in [0, 0.05) is 11.1 Å². The number of hydrogen-bond acceptors (Lipinski definition) is 8. The number of nitrogens with one attached hydrogen (secondary N) is 2. The summed E-state index contributed by atoms with van der Waals surface area (Å²) < 4.78 is 10.8. The van der Waals surface area contributed by atoms with E-state index in [1.54, 1.807) is 0 Å². The molecule has 1 heterocycles. The minimum absolute atomic E-state index is 0.110. The van der Waals surface area contributed by atoms with E-state index in [2.05, 4.69) is 13.2 Å². The molecule has 0 aliphatic carbocycles. The molecule has 1 rings (SSSR count). The molecule has 11 heteroatoms. The maximum absolute atomic E-state index is 11.9. The SMILES string of the molecule is C=C(C)C(=O)OCCCC(CCCOC(=O)C(=C)C)C(O)Cn1c(=O)[nH]c(=O)[nH]c1=O. The number of rotatable bonds is 13. The number of carbonyl (C=O) groups is 2. The molecule has 0 aromatic carbocycles. The van der Waals surface area contributed by atoms with Gasteiger partial charge in [0.25, 0.3) is 0 Å². The number of carbonyl (C=O) groups excluding carboxylic acids is 2. The molecule has 0 bridgehead atoms. The van der Waals surface area contributed by atoms with Gasteiger partial charge in [0.15, 0.2) is 0 Å². The van der Waals surface area contributed by atoms with E-state index in [4.69, 9.17) is 9.47 Å². The van der Waals surface area contributed by atoms with Crippen LogP contribution in [0.4, 0.5) is 0 Å². The molecule has 31 heavy (non-hydrogen) atoms. The van der Waals surface area contributed by atoms with Gasteiger partial charge in [0.1, 0.15) is 0 Å². The summed E-state index contributed by atoms with van der Waals surface area (Å²) in [6, 6.07) is 0. The fourth-order valence-corrected chi connectivity index (χ4v) is 2.75. The normalized spacial score (nSPS) is 11.7. The molecule has 1 aromatic rings. The second-order valence-electron chi connectivity index (χ2n) is 7.24. The van der Waals surface area contributed by atoms with Crippen molar-refractivity contribution in [1.82, 2.24) is 14.5 Å². The molecular formula is C20H29N3O8. The first-order valence-corrected chi connectivity index (χ1v) is 9.79. The highest BCUT2D eigenvalue weighted by molar-refractivity contribution is 5.87. The number of aliphatic hydroxyl groups excluding tert-OH is 1. The van der Waals surface area contributed by atoms with Crippen LogP contribution in [0.25, 0.3) is 0 Å². The van der Waals surface area contributed by atoms with E-state index in [0.717, 1.165) is 0 Å². The lowest BCUT2D eigenvalue weighted by atomic mass is 9.92. The number of aromatic nitrogens is 3. The monoisotopic (exact) mass is 439 g/mol. The molecule has 1 unspecified atom stereocenters. The summed E-state index contributed by atoms with van der Waals surface area (Å²) in [7, 11) is 0. The van der Waals surface area contributed by atoms with Crippen LogP contribution in [-0.2, 0) is 25.6 Å². The molecule has 0 amide bonds. The van der Waals surface area contributed by atoms with Gasteiger partial charge in [-0.3, -0.25) is 9.97 Å². The van der Waals surface area contributed by atoms with Gasteiger partial charge in [-0.05, 0) is 45.4 Å². The number of aromatic amines is 2.